The fraction of sp³-hybridized carbons (Fsp3) is 0. The number of hydrogen-bond acceptors (Lipinski definition) is 4. The second kappa shape index (κ2) is 8.54. The Kier molecular flexibility index (Phi) is 6.14. The maximum absolute atomic E-state index is 9.34. The Labute approximate surface area is 170 Å². The molecule has 0 saturated carbocycles. The molecule has 0 heterocycles. The summed E-state index contributed by atoms with van der Waals surface area (Å²) in [5.41, 5.74) is 0.730. The molecule has 0 N–H and O–H groups in total. The van der Waals surface area contributed by atoms with Crippen LogP contribution in [0.5, 0.6) is 0 Å². The predicted molar refractivity (Wildman–Crippen MR) is 107 cm³/mol. The molecule has 6 heteroatoms. The number of hydrogen-bond donors (Lipinski definition) is 0. The summed E-state index contributed by atoms with van der Waals surface area (Å²) in [5, 5.41) is 20.0. The molecule has 0 amide bonds. The van der Waals surface area contributed by atoms with E-state index in [1.807, 2.05) is 48.5 Å². The van der Waals surface area contributed by atoms with E-state index in [1.54, 1.807) is 12.1 Å². The van der Waals surface area contributed by atoms with Crippen LogP contribution in [0.25, 0.3) is 0 Å². The van der Waals surface area contributed by atoms with E-state index in [4.69, 9.17) is 23.2 Å². The van der Waals surface area contributed by atoms with E-state index in [0.29, 0.717) is 21.2 Å². The van der Waals surface area contributed by atoms with Crippen LogP contribution in [-0.2, 0) is 0 Å². The van der Waals surface area contributed by atoms with Crippen molar-refractivity contribution in [2.24, 2.45) is 0 Å². The third kappa shape index (κ3) is 4.55. The number of halogens is 2. The van der Waals surface area contributed by atoms with Crippen LogP contribution in [0.3, 0.4) is 0 Å². The molecule has 0 atom stereocenters. The van der Waals surface area contributed by atoms with Crippen molar-refractivity contribution in [3.8, 4) is 12.1 Å². The highest BCUT2D eigenvalue weighted by Gasteiger charge is 2.13. The Balaban J connectivity index is 2.02. The lowest BCUT2D eigenvalue weighted by atomic mass is 10.1. The van der Waals surface area contributed by atoms with Gasteiger partial charge in [-0.05, 0) is 60.7 Å². The van der Waals surface area contributed by atoms with Crippen LogP contribution >= 0.6 is 46.7 Å². The lowest BCUT2D eigenvalue weighted by molar-refractivity contribution is 1.20. The van der Waals surface area contributed by atoms with Crippen LogP contribution in [-0.4, -0.2) is 0 Å². The van der Waals surface area contributed by atoms with E-state index in [1.165, 1.54) is 23.5 Å². The maximum Gasteiger partial charge on any atom is 0.101 e. The summed E-state index contributed by atoms with van der Waals surface area (Å²) in [5.74, 6) is 0. The van der Waals surface area contributed by atoms with Gasteiger partial charge in [0.2, 0.25) is 0 Å². The molecular formula is C20H10Cl2N2S2. The van der Waals surface area contributed by atoms with Crippen molar-refractivity contribution < 1.29 is 0 Å². The van der Waals surface area contributed by atoms with E-state index in [2.05, 4.69) is 12.1 Å². The molecule has 2 nitrogen and oxygen atoms in total. The molecule has 0 fully saturated rings. The second-order valence-electron chi connectivity index (χ2n) is 5.18. The molecule has 0 bridgehead atoms. The first-order valence-electron chi connectivity index (χ1n) is 7.44. The lowest BCUT2D eigenvalue weighted by Gasteiger charge is -2.11. The van der Waals surface area contributed by atoms with Crippen molar-refractivity contribution in [3.05, 3.63) is 81.8 Å². The highest BCUT2D eigenvalue weighted by Crippen LogP contribution is 2.40. The molecule has 0 aliphatic heterocycles. The lowest BCUT2D eigenvalue weighted by Crippen LogP contribution is -1.89. The predicted octanol–water partition coefficient (Wildman–Crippen LogP) is 7.04. The molecule has 0 aromatic heterocycles. The minimum Gasteiger partial charge on any atom is -0.192 e. The summed E-state index contributed by atoms with van der Waals surface area (Å²) in [6.45, 7) is 0. The first-order chi connectivity index (χ1) is 12.6. The van der Waals surface area contributed by atoms with Crippen LogP contribution in [0, 0.1) is 22.7 Å². The van der Waals surface area contributed by atoms with Gasteiger partial charge in [-0.1, -0.05) is 46.7 Å². The standard InChI is InChI=1S/C20H10Cl2N2S2/c21-15-1-5-17(6-2-15)25-19-9-13(11-23)14(12-24)10-20(19)26-18-7-3-16(22)4-8-18/h1-10H. The molecule has 0 aliphatic rings. The summed E-state index contributed by atoms with van der Waals surface area (Å²) < 4.78 is 0. The first kappa shape index (κ1) is 18.7. The van der Waals surface area contributed by atoms with Gasteiger partial charge < -0.3 is 0 Å². The minimum atomic E-state index is 0.365. The fourth-order valence-electron chi connectivity index (χ4n) is 2.16. The molecule has 3 aromatic carbocycles. The normalized spacial score (nSPS) is 10.2. The molecule has 0 saturated heterocycles. The van der Waals surface area contributed by atoms with Crippen LogP contribution < -0.4 is 0 Å². The fourth-order valence-corrected chi connectivity index (χ4v) is 4.39. The van der Waals surface area contributed by atoms with E-state index in [0.717, 1.165) is 19.6 Å². The van der Waals surface area contributed by atoms with Crippen molar-refractivity contribution in [1.82, 2.24) is 0 Å². The zero-order valence-electron chi connectivity index (χ0n) is 13.2. The average molecular weight is 413 g/mol. The van der Waals surface area contributed by atoms with Gasteiger partial charge in [0.15, 0.2) is 0 Å². The van der Waals surface area contributed by atoms with Gasteiger partial charge in [-0.25, -0.2) is 0 Å². The largest absolute Gasteiger partial charge is 0.192 e. The van der Waals surface area contributed by atoms with Crippen LogP contribution in [0.2, 0.25) is 10.0 Å². The zero-order chi connectivity index (χ0) is 18.5. The van der Waals surface area contributed by atoms with Crippen molar-refractivity contribution >= 4 is 46.7 Å². The van der Waals surface area contributed by atoms with Gasteiger partial charge in [-0.15, -0.1) is 0 Å². The van der Waals surface area contributed by atoms with Crippen molar-refractivity contribution in [3.63, 3.8) is 0 Å². The average Bonchev–Trinajstić information content (AvgIpc) is 2.66. The van der Waals surface area contributed by atoms with Gasteiger partial charge >= 0.3 is 0 Å². The SMILES string of the molecule is N#Cc1cc(Sc2ccc(Cl)cc2)c(Sc2ccc(Cl)cc2)cc1C#N. The van der Waals surface area contributed by atoms with Crippen molar-refractivity contribution in [2.75, 3.05) is 0 Å². The Bertz CT molecular complexity index is 933. The van der Waals surface area contributed by atoms with E-state index >= 15 is 0 Å². The van der Waals surface area contributed by atoms with Gasteiger partial charge in [0.05, 0.1) is 11.1 Å². The summed E-state index contributed by atoms with van der Waals surface area (Å²) in [7, 11) is 0. The summed E-state index contributed by atoms with van der Waals surface area (Å²) in [6.07, 6.45) is 0. The van der Waals surface area contributed by atoms with Crippen LogP contribution in [0.4, 0.5) is 0 Å². The van der Waals surface area contributed by atoms with E-state index in [-0.39, 0.29) is 0 Å². The van der Waals surface area contributed by atoms with E-state index < -0.39 is 0 Å². The summed E-state index contributed by atoms with van der Waals surface area (Å²) in [6, 6.07) is 22.7. The molecule has 3 aromatic rings. The van der Waals surface area contributed by atoms with Crippen LogP contribution in [0.1, 0.15) is 11.1 Å². The highest BCUT2D eigenvalue weighted by atomic mass is 35.5. The Morgan fingerprint density at radius 1 is 0.615 bits per heavy atom. The van der Waals surface area contributed by atoms with Crippen molar-refractivity contribution in [2.45, 2.75) is 19.6 Å². The van der Waals surface area contributed by atoms with Crippen molar-refractivity contribution in [1.29, 1.82) is 10.5 Å². The molecule has 0 spiro atoms. The molecule has 26 heavy (non-hydrogen) atoms. The molecule has 126 valence electrons. The third-order valence-corrected chi connectivity index (χ3v) is 6.17. The summed E-state index contributed by atoms with van der Waals surface area (Å²) in [4.78, 5) is 3.81. The number of nitriles is 2. The van der Waals surface area contributed by atoms with Crippen LogP contribution in [0.15, 0.2) is 80.2 Å². The smallest absolute Gasteiger partial charge is 0.101 e. The molecule has 3 rings (SSSR count). The first-order valence-corrected chi connectivity index (χ1v) is 9.83. The zero-order valence-corrected chi connectivity index (χ0v) is 16.4. The second-order valence-corrected chi connectivity index (χ2v) is 8.28. The third-order valence-electron chi connectivity index (χ3n) is 3.41. The quantitative estimate of drug-likeness (QED) is 0.460. The van der Waals surface area contributed by atoms with E-state index in [9.17, 15) is 10.5 Å². The van der Waals surface area contributed by atoms with Gasteiger partial charge in [0, 0.05) is 29.6 Å². The summed E-state index contributed by atoms with van der Waals surface area (Å²) >= 11 is 15.0. The van der Waals surface area contributed by atoms with Gasteiger partial charge in [-0.3, -0.25) is 0 Å². The molecule has 0 radical (unpaired) electrons. The molecule has 0 aliphatic carbocycles. The number of benzene rings is 3. The minimum absolute atomic E-state index is 0.365. The molecular weight excluding hydrogens is 403 g/mol. The van der Waals surface area contributed by atoms with Gasteiger partial charge in [0.1, 0.15) is 12.1 Å². The Morgan fingerprint density at radius 2 is 0.962 bits per heavy atom. The van der Waals surface area contributed by atoms with Gasteiger partial charge in [-0.2, -0.15) is 10.5 Å². The highest BCUT2D eigenvalue weighted by molar-refractivity contribution is 8.02. The maximum atomic E-state index is 9.34. The Hall–Kier alpha value is -2.08. The number of rotatable bonds is 4. The Morgan fingerprint density at radius 3 is 1.27 bits per heavy atom. The number of nitrogens with zero attached hydrogens (tertiary/aromatic N) is 2. The van der Waals surface area contributed by atoms with Gasteiger partial charge in [0.25, 0.3) is 0 Å². The monoisotopic (exact) mass is 412 g/mol. The molecule has 0 unspecified atom stereocenters. The topological polar surface area (TPSA) is 47.6 Å².